The number of rotatable bonds is 6. The summed E-state index contributed by atoms with van der Waals surface area (Å²) >= 11 is 6.72. The maximum atomic E-state index is 5.70. The molecule has 0 aliphatic rings. The van der Waals surface area contributed by atoms with E-state index in [4.69, 9.17) is 22.7 Å². The Hall–Kier alpha value is -1.50. The van der Waals surface area contributed by atoms with E-state index in [2.05, 4.69) is 16.9 Å². The molecular weight excluding hydrogens is 302 g/mol. The third-order valence-corrected chi connectivity index (χ3v) is 4.42. The van der Waals surface area contributed by atoms with Gasteiger partial charge in [0, 0.05) is 29.1 Å². The standard InChI is InChI=1S/C15H19N3OS2/c1-10-14(21-9-17-10)8-18(2)7-12-6-11(15(16)20)4-5-13(12)19-3/h4-6,9H,7-8H2,1-3H3,(H2,16,20). The Morgan fingerprint density at radius 1 is 1.43 bits per heavy atom. The number of nitrogens with zero attached hydrogens (tertiary/aromatic N) is 2. The fourth-order valence-electron chi connectivity index (χ4n) is 2.13. The lowest BCUT2D eigenvalue weighted by Gasteiger charge is -2.18. The van der Waals surface area contributed by atoms with Crippen molar-refractivity contribution in [1.82, 2.24) is 9.88 Å². The van der Waals surface area contributed by atoms with Gasteiger partial charge in [-0.05, 0) is 32.2 Å². The molecule has 0 radical (unpaired) electrons. The van der Waals surface area contributed by atoms with E-state index in [1.807, 2.05) is 30.6 Å². The SMILES string of the molecule is COc1ccc(C(N)=S)cc1CN(C)Cc1scnc1C. The number of thiocarbonyl (C=S) groups is 1. The molecule has 0 saturated carbocycles. The Labute approximate surface area is 134 Å². The van der Waals surface area contributed by atoms with Gasteiger partial charge in [-0.1, -0.05) is 12.2 Å². The number of thiazole rings is 1. The van der Waals surface area contributed by atoms with Gasteiger partial charge in [0.15, 0.2) is 0 Å². The molecule has 0 unspecified atom stereocenters. The summed E-state index contributed by atoms with van der Waals surface area (Å²) in [6.45, 7) is 3.65. The third kappa shape index (κ3) is 4.00. The number of ether oxygens (including phenoxy) is 1. The van der Waals surface area contributed by atoms with Crippen molar-refractivity contribution in [2.75, 3.05) is 14.2 Å². The summed E-state index contributed by atoms with van der Waals surface area (Å²) in [5.41, 5.74) is 10.6. The van der Waals surface area contributed by atoms with Crippen molar-refractivity contribution < 1.29 is 4.74 Å². The minimum atomic E-state index is 0.403. The Balaban J connectivity index is 2.15. The lowest BCUT2D eigenvalue weighted by atomic mass is 10.1. The van der Waals surface area contributed by atoms with Crippen LogP contribution in [0.1, 0.15) is 21.7 Å². The normalized spacial score (nSPS) is 10.9. The molecule has 1 aromatic carbocycles. The quantitative estimate of drug-likeness (QED) is 0.829. The zero-order valence-electron chi connectivity index (χ0n) is 12.4. The van der Waals surface area contributed by atoms with Gasteiger partial charge in [-0.25, -0.2) is 4.98 Å². The number of hydrogen-bond donors (Lipinski definition) is 1. The molecule has 4 nitrogen and oxygen atoms in total. The summed E-state index contributed by atoms with van der Waals surface area (Å²) in [6, 6.07) is 5.80. The van der Waals surface area contributed by atoms with Gasteiger partial charge in [0.05, 0.1) is 18.3 Å². The van der Waals surface area contributed by atoms with E-state index >= 15 is 0 Å². The molecule has 0 fully saturated rings. The van der Waals surface area contributed by atoms with Gasteiger partial charge in [-0.15, -0.1) is 11.3 Å². The summed E-state index contributed by atoms with van der Waals surface area (Å²) in [5, 5.41) is 0. The number of aryl methyl sites for hydroxylation is 1. The van der Waals surface area contributed by atoms with Crippen LogP contribution < -0.4 is 10.5 Å². The van der Waals surface area contributed by atoms with Crippen LogP contribution >= 0.6 is 23.6 Å². The van der Waals surface area contributed by atoms with Crippen molar-refractivity contribution >= 4 is 28.5 Å². The Morgan fingerprint density at radius 3 is 2.76 bits per heavy atom. The van der Waals surface area contributed by atoms with Crippen molar-refractivity contribution in [2.45, 2.75) is 20.0 Å². The second-order valence-corrected chi connectivity index (χ2v) is 6.30. The fourth-order valence-corrected chi connectivity index (χ4v) is 3.11. The maximum absolute atomic E-state index is 5.70. The van der Waals surface area contributed by atoms with Crippen molar-refractivity contribution in [2.24, 2.45) is 5.73 Å². The fraction of sp³-hybridized carbons (Fsp3) is 0.333. The summed E-state index contributed by atoms with van der Waals surface area (Å²) in [6.07, 6.45) is 0. The van der Waals surface area contributed by atoms with E-state index in [0.29, 0.717) is 4.99 Å². The topological polar surface area (TPSA) is 51.4 Å². The average molecular weight is 321 g/mol. The van der Waals surface area contributed by atoms with Crippen LogP contribution in [0.4, 0.5) is 0 Å². The predicted molar refractivity (Wildman–Crippen MR) is 90.9 cm³/mol. The van der Waals surface area contributed by atoms with Crippen LogP contribution in [-0.2, 0) is 13.1 Å². The smallest absolute Gasteiger partial charge is 0.123 e. The molecule has 0 amide bonds. The van der Waals surface area contributed by atoms with Crippen molar-refractivity contribution in [1.29, 1.82) is 0 Å². The van der Waals surface area contributed by atoms with E-state index in [-0.39, 0.29) is 0 Å². The second-order valence-electron chi connectivity index (χ2n) is 4.92. The maximum Gasteiger partial charge on any atom is 0.123 e. The van der Waals surface area contributed by atoms with Gasteiger partial charge in [0.2, 0.25) is 0 Å². The van der Waals surface area contributed by atoms with Crippen LogP contribution in [0.5, 0.6) is 5.75 Å². The number of methoxy groups -OCH3 is 1. The highest BCUT2D eigenvalue weighted by molar-refractivity contribution is 7.80. The van der Waals surface area contributed by atoms with Crippen LogP contribution in [0.15, 0.2) is 23.7 Å². The molecule has 0 bridgehead atoms. The first kappa shape index (κ1) is 15.9. The first-order valence-electron chi connectivity index (χ1n) is 6.55. The molecule has 2 rings (SSSR count). The van der Waals surface area contributed by atoms with Gasteiger partial charge in [-0.3, -0.25) is 4.90 Å². The van der Waals surface area contributed by atoms with Crippen LogP contribution in [-0.4, -0.2) is 29.0 Å². The van der Waals surface area contributed by atoms with Crippen molar-refractivity contribution in [3.8, 4) is 5.75 Å². The molecule has 2 aromatic rings. The van der Waals surface area contributed by atoms with Crippen molar-refractivity contribution in [3.05, 3.63) is 45.4 Å². The molecule has 0 aliphatic carbocycles. The molecule has 21 heavy (non-hydrogen) atoms. The molecule has 2 N–H and O–H groups in total. The second kappa shape index (κ2) is 6.98. The summed E-state index contributed by atoms with van der Waals surface area (Å²) in [7, 11) is 3.75. The Kier molecular flexibility index (Phi) is 5.27. The molecule has 0 saturated heterocycles. The first-order valence-corrected chi connectivity index (χ1v) is 7.84. The minimum absolute atomic E-state index is 0.403. The van der Waals surface area contributed by atoms with Gasteiger partial charge in [0.1, 0.15) is 10.7 Å². The molecule has 6 heteroatoms. The first-order chi connectivity index (χ1) is 10.0. The number of nitrogens with two attached hydrogens (primary N) is 1. The molecule has 0 atom stereocenters. The highest BCUT2D eigenvalue weighted by atomic mass is 32.1. The number of hydrogen-bond acceptors (Lipinski definition) is 5. The average Bonchev–Trinajstić information content (AvgIpc) is 2.84. The highest BCUT2D eigenvalue weighted by Gasteiger charge is 2.11. The van der Waals surface area contributed by atoms with E-state index < -0.39 is 0 Å². The summed E-state index contributed by atoms with van der Waals surface area (Å²) in [5.74, 6) is 0.850. The summed E-state index contributed by atoms with van der Waals surface area (Å²) < 4.78 is 5.42. The monoisotopic (exact) mass is 321 g/mol. The van der Waals surface area contributed by atoms with Crippen LogP contribution in [0.3, 0.4) is 0 Å². The van der Waals surface area contributed by atoms with E-state index in [1.54, 1.807) is 18.4 Å². The van der Waals surface area contributed by atoms with Gasteiger partial charge in [-0.2, -0.15) is 0 Å². The zero-order chi connectivity index (χ0) is 15.4. The Bertz CT molecular complexity index is 640. The minimum Gasteiger partial charge on any atom is -0.496 e. The van der Waals surface area contributed by atoms with Gasteiger partial charge in [0.25, 0.3) is 0 Å². The highest BCUT2D eigenvalue weighted by Crippen LogP contribution is 2.23. The zero-order valence-corrected chi connectivity index (χ0v) is 14.1. The molecule has 112 valence electrons. The van der Waals surface area contributed by atoms with Crippen molar-refractivity contribution in [3.63, 3.8) is 0 Å². The van der Waals surface area contributed by atoms with Crippen LogP contribution in [0.2, 0.25) is 0 Å². The molecular formula is C15H19N3OS2. The van der Waals surface area contributed by atoms with Gasteiger partial charge < -0.3 is 10.5 Å². The summed E-state index contributed by atoms with van der Waals surface area (Å²) in [4.78, 5) is 8.19. The third-order valence-electron chi connectivity index (χ3n) is 3.26. The number of benzene rings is 1. The van der Waals surface area contributed by atoms with E-state index in [9.17, 15) is 0 Å². The Morgan fingerprint density at radius 2 is 2.19 bits per heavy atom. The van der Waals surface area contributed by atoms with Crippen LogP contribution in [0.25, 0.3) is 0 Å². The molecule has 1 heterocycles. The molecule has 1 aromatic heterocycles. The van der Waals surface area contributed by atoms with E-state index in [1.165, 1.54) is 4.88 Å². The lowest BCUT2D eigenvalue weighted by molar-refractivity contribution is 0.312. The number of aromatic nitrogens is 1. The van der Waals surface area contributed by atoms with Crippen LogP contribution in [0, 0.1) is 6.92 Å². The molecule has 0 spiro atoms. The largest absolute Gasteiger partial charge is 0.496 e. The molecule has 0 aliphatic heterocycles. The lowest BCUT2D eigenvalue weighted by Crippen LogP contribution is -2.18. The predicted octanol–water partition coefficient (Wildman–Crippen LogP) is 2.73. The van der Waals surface area contributed by atoms with E-state index in [0.717, 1.165) is 35.7 Å². The van der Waals surface area contributed by atoms with Gasteiger partial charge >= 0.3 is 0 Å².